The van der Waals surface area contributed by atoms with Gasteiger partial charge in [0.2, 0.25) is 0 Å². The summed E-state index contributed by atoms with van der Waals surface area (Å²) in [6.45, 7) is 6.80. The molecule has 180 valence electrons. The Hall–Kier alpha value is -2.65. The lowest BCUT2D eigenvalue weighted by Crippen LogP contribution is -2.39. The van der Waals surface area contributed by atoms with Crippen LogP contribution in [0.25, 0.3) is 5.65 Å². The van der Waals surface area contributed by atoms with Crippen molar-refractivity contribution < 1.29 is 9.00 Å². The van der Waals surface area contributed by atoms with Gasteiger partial charge < -0.3 is 14.5 Å². The number of anilines is 2. The van der Waals surface area contributed by atoms with Crippen LogP contribution in [0.4, 0.5) is 11.5 Å². The number of nitrogens with zero attached hydrogens (tertiary/aromatic N) is 5. The number of nitrogens with one attached hydrogen (secondary N) is 1. The first-order valence-corrected chi connectivity index (χ1v) is 13.6. The predicted molar refractivity (Wildman–Crippen MR) is 136 cm³/mol. The summed E-state index contributed by atoms with van der Waals surface area (Å²) in [5, 5.41) is 5.45. The van der Waals surface area contributed by atoms with Gasteiger partial charge in [0.05, 0.1) is 23.0 Å². The second-order valence-electron chi connectivity index (χ2n) is 9.08. The first-order chi connectivity index (χ1) is 16.3. The summed E-state index contributed by atoms with van der Waals surface area (Å²) in [4.78, 5) is 22.8. The molecule has 0 spiro atoms. The van der Waals surface area contributed by atoms with Crippen LogP contribution >= 0.6 is 11.6 Å². The van der Waals surface area contributed by atoms with Crippen molar-refractivity contribution in [2.24, 2.45) is 0 Å². The molecule has 2 fully saturated rings. The quantitative estimate of drug-likeness (QED) is 0.565. The van der Waals surface area contributed by atoms with Crippen molar-refractivity contribution >= 4 is 45.6 Å². The molecule has 1 N–H and O–H groups in total. The number of carbonyl (C=O) groups excluding carboxylic acids is 1. The maximum atomic E-state index is 13.8. The van der Waals surface area contributed by atoms with Crippen molar-refractivity contribution in [3.8, 4) is 0 Å². The van der Waals surface area contributed by atoms with Gasteiger partial charge in [-0.3, -0.25) is 4.79 Å². The first-order valence-electron chi connectivity index (χ1n) is 11.7. The van der Waals surface area contributed by atoms with Gasteiger partial charge in [-0.2, -0.15) is 9.61 Å². The number of halogens is 1. The third-order valence-electron chi connectivity index (χ3n) is 6.80. The number of amides is 1. The van der Waals surface area contributed by atoms with Gasteiger partial charge in [-0.25, -0.2) is 9.19 Å². The van der Waals surface area contributed by atoms with Crippen LogP contribution in [-0.4, -0.2) is 55.5 Å². The van der Waals surface area contributed by atoms with Crippen LogP contribution in [0.1, 0.15) is 59.0 Å². The second kappa shape index (κ2) is 9.19. The van der Waals surface area contributed by atoms with Crippen LogP contribution < -0.4 is 9.62 Å². The third-order valence-corrected chi connectivity index (χ3v) is 7.54. The van der Waals surface area contributed by atoms with Crippen LogP contribution in [0.2, 0.25) is 5.02 Å². The molecule has 2 unspecified atom stereocenters. The van der Waals surface area contributed by atoms with E-state index in [4.69, 9.17) is 21.7 Å². The van der Waals surface area contributed by atoms with E-state index in [2.05, 4.69) is 16.5 Å². The van der Waals surface area contributed by atoms with Gasteiger partial charge in [0.25, 0.3) is 5.91 Å². The number of carbonyl (C=O) groups is 1. The van der Waals surface area contributed by atoms with Gasteiger partial charge in [-0.05, 0) is 57.7 Å². The minimum Gasteiger partial charge on any atom is -0.356 e. The molecule has 0 radical (unpaired) electrons. The van der Waals surface area contributed by atoms with Crippen LogP contribution in [-0.2, 0) is 11.0 Å². The SMILES string of the molecule is Cc1nc2cc(C3CCCCN3C(=O)c3cc(Cl)ccc3NS(C)=O)nn2c(N2CCC2)c1C. The van der Waals surface area contributed by atoms with E-state index in [1.807, 2.05) is 22.4 Å². The Morgan fingerprint density at radius 3 is 2.65 bits per heavy atom. The highest BCUT2D eigenvalue weighted by Crippen LogP contribution is 2.35. The molecule has 2 atom stereocenters. The summed E-state index contributed by atoms with van der Waals surface area (Å²) in [6.07, 6.45) is 5.49. The zero-order valence-corrected chi connectivity index (χ0v) is 21.2. The maximum Gasteiger partial charge on any atom is 0.256 e. The molecule has 2 aliphatic heterocycles. The smallest absolute Gasteiger partial charge is 0.256 e. The zero-order chi connectivity index (χ0) is 24.0. The lowest BCUT2D eigenvalue weighted by molar-refractivity contribution is 0.0607. The Morgan fingerprint density at radius 2 is 1.94 bits per heavy atom. The molecule has 1 aromatic carbocycles. The van der Waals surface area contributed by atoms with Crippen molar-refractivity contribution in [2.45, 2.75) is 45.6 Å². The first kappa shape index (κ1) is 23.1. The van der Waals surface area contributed by atoms with Gasteiger partial charge in [-0.1, -0.05) is 11.6 Å². The lowest BCUT2D eigenvalue weighted by Gasteiger charge is -2.35. The van der Waals surface area contributed by atoms with Gasteiger partial charge >= 0.3 is 0 Å². The zero-order valence-electron chi connectivity index (χ0n) is 19.7. The van der Waals surface area contributed by atoms with E-state index in [1.54, 1.807) is 18.2 Å². The Morgan fingerprint density at radius 1 is 1.15 bits per heavy atom. The summed E-state index contributed by atoms with van der Waals surface area (Å²) < 4.78 is 16.6. The van der Waals surface area contributed by atoms with E-state index in [9.17, 15) is 9.00 Å². The standard InChI is InChI=1S/C24H29ClN6O2S/c1-15-16(2)26-22-14-20(27-31(22)23(15)29-10-6-11-29)21-7-4-5-12-30(21)24(32)18-13-17(25)8-9-19(18)28-34(3)33/h8-9,13-14,21,28H,4-7,10-12H2,1-3H3. The molecule has 4 heterocycles. The molecule has 2 aliphatic rings. The summed E-state index contributed by atoms with van der Waals surface area (Å²) in [5.41, 5.74) is 4.74. The van der Waals surface area contributed by atoms with Crippen LogP contribution in [0.5, 0.6) is 0 Å². The van der Waals surface area contributed by atoms with Crippen LogP contribution in [0.15, 0.2) is 24.3 Å². The average molecular weight is 501 g/mol. The van der Waals surface area contributed by atoms with Crippen molar-refractivity contribution in [3.63, 3.8) is 0 Å². The molecule has 2 aromatic heterocycles. The van der Waals surface area contributed by atoms with Crippen molar-refractivity contribution in [1.29, 1.82) is 0 Å². The topological polar surface area (TPSA) is 82.8 Å². The predicted octanol–water partition coefficient (Wildman–Crippen LogP) is 4.28. The monoisotopic (exact) mass is 500 g/mol. The number of aryl methyl sites for hydroxylation is 1. The van der Waals surface area contributed by atoms with Crippen molar-refractivity contribution in [3.05, 3.63) is 51.8 Å². The number of hydrogen-bond donors (Lipinski definition) is 1. The largest absolute Gasteiger partial charge is 0.356 e. The molecular formula is C24H29ClN6O2S. The van der Waals surface area contributed by atoms with E-state index >= 15 is 0 Å². The van der Waals surface area contributed by atoms with Gasteiger partial charge in [0.1, 0.15) is 16.8 Å². The number of fused-ring (bicyclic) bond motifs is 1. The summed E-state index contributed by atoms with van der Waals surface area (Å²) in [6, 6.07) is 6.90. The van der Waals surface area contributed by atoms with Crippen molar-refractivity contribution in [1.82, 2.24) is 19.5 Å². The Labute approximate surface area is 206 Å². The molecule has 10 heteroatoms. The third kappa shape index (κ3) is 4.15. The number of piperidine rings is 1. The molecular weight excluding hydrogens is 472 g/mol. The molecule has 1 amide bonds. The maximum absolute atomic E-state index is 13.8. The molecule has 2 saturated heterocycles. The van der Waals surface area contributed by atoms with E-state index in [-0.39, 0.29) is 11.9 Å². The Balaban J connectivity index is 1.55. The molecule has 5 rings (SSSR count). The normalized spacial score (nSPS) is 19.2. The molecule has 0 bridgehead atoms. The number of likely N-dealkylation sites (tertiary alicyclic amines) is 1. The molecule has 3 aromatic rings. The fourth-order valence-corrected chi connectivity index (χ4v) is 5.50. The second-order valence-corrected chi connectivity index (χ2v) is 10.6. The van der Waals surface area contributed by atoms with Gasteiger partial charge in [0.15, 0.2) is 5.65 Å². The molecule has 8 nitrogen and oxygen atoms in total. The summed E-state index contributed by atoms with van der Waals surface area (Å²) in [7, 11) is -1.31. The van der Waals surface area contributed by atoms with Crippen LogP contribution in [0, 0.1) is 13.8 Å². The number of rotatable bonds is 5. The van der Waals surface area contributed by atoms with Crippen molar-refractivity contribution in [2.75, 3.05) is 35.5 Å². The van der Waals surface area contributed by atoms with E-state index < -0.39 is 11.0 Å². The van der Waals surface area contributed by atoms with Gasteiger partial charge in [-0.15, -0.1) is 0 Å². The highest BCUT2D eigenvalue weighted by molar-refractivity contribution is 7.85. The van der Waals surface area contributed by atoms with E-state index in [0.717, 1.165) is 60.8 Å². The van der Waals surface area contributed by atoms with Crippen LogP contribution in [0.3, 0.4) is 0 Å². The Kier molecular flexibility index (Phi) is 6.24. The minimum atomic E-state index is -1.31. The fraction of sp³-hybridized carbons (Fsp3) is 0.458. The molecule has 0 aliphatic carbocycles. The van der Waals surface area contributed by atoms with E-state index in [0.29, 0.717) is 22.8 Å². The molecule has 0 saturated carbocycles. The minimum absolute atomic E-state index is 0.138. The van der Waals surface area contributed by atoms with Gasteiger partial charge in [0, 0.05) is 48.2 Å². The number of hydrogen-bond acceptors (Lipinski definition) is 5. The number of aromatic nitrogens is 3. The summed E-state index contributed by atoms with van der Waals surface area (Å²) >= 11 is 6.24. The van der Waals surface area contributed by atoms with E-state index in [1.165, 1.54) is 12.7 Å². The number of benzene rings is 1. The summed E-state index contributed by atoms with van der Waals surface area (Å²) in [5.74, 6) is 0.959. The lowest BCUT2D eigenvalue weighted by atomic mass is 9.98. The average Bonchev–Trinajstić information content (AvgIpc) is 3.19. The fourth-order valence-electron chi connectivity index (χ4n) is 4.84. The highest BCUT2D eigenvalue weighted by Gasteiger charge is 2.33. The Bertz CT molecular complexity index is 1290. The molecule has 34 heavy (non-hydrogen) atoms. The highest BCUT2D eigenvalue weighted by atomic mass is 35.5.